The topological polar surface area (TPSA) is 82.1 Å². The lowest BCUT2D eigenvalue weighted by Crippen LogP contribution is -2.49. The lowest BCUT2D eigenvalue weighted by molar-refractivity contribution is -0.143. The number of rotatable bonds is 9. The van der Waals surface area contributed by atoms with Crippen molar-refractivity contribution in [3.63, 3.8) is 0 Å². The Kier molecular flexibility index (Phi) is 9.34. The second-order valence-corrected chi connectivity index (χ2v) is 11.3. The van der Waals surface area contributed by atoms with Crippen LogP contribution >= 0.6 is 0 Å². The zero-order chi connectivity index (χ0) is 29.9. The Morgan fingerprint density at radius 3 is 2.08 bits per heavy atom. The molecule has 1 heterocycles. The van der Waals surface area contributed by atoms with Crippen LogP contribution in [0.4, 0.5) is 26.3 Å². The molecular formula is C26H29F6NO6S. The third-order valence-corrected chi connectivity index (χ3v) is 7.40. The van der Waals surface area contributed by atoms with Crippen LogP contribution in [0, 0.1) is 0 Å². The Balaban J connectivity index is 1.95. The van der Waals surface area contributed by atoms with Gasteiger partial charge in [-0.15, -0.1) is 0 Å². The van der Waals surface area contributed by atoms with Gasteiger partial charge in [-0.25, -0.2) is 0 Å². The molecule has 0 N–H and O–H groups in total. The molecule has 0 bridgehead atoms. The van der Waals surface area contributed by atoms with Crippen LogP contribution in [0.25, 0.3) is 0 Å². The van der Waals surface area contributed by atoms with Crippen molar-refractivity contribution in [1.29, 1.82) is 0 Å². The molecule has 1 saturated heterocycles. The molecule has 3 rings (SSSR count). The zero-order valence-corrected chi connectivity index (χ0v) is 22.8. The standard InChI is InChI=1S/C26H29F6NO6S/c1-37-21-6-5-18(15-22(21)38-2)24(8-10-39-40(3,35)36)7-4-9-33(16-24)23(34)13-17-11-19(25(27,28)29)14-20(12-17)26(30,31)32/h5-6,11-12,14-15H,4,7-10,13,16H2,1-3H3/t24-/m1/s1. The zero-order valence-electron chi connectivity index (χ0n) is 22.0. The molecule has 40 heavy (non-hydrogen) atoms. The summed E-state index contributed by atoms with van der Waals surface area (Å²) in [5.41, 5.74) is -3.58. The first-order valence-corrected chi connectivity index (χ1v) is 13.9. The predicted octanol–water partition coefficient (Wildman–Crippen LogP) is 5.21. The molecule has 0 aliphatic carbocycles. The molecule has 0 saturated carbocycles. The summed E-state index contributed by atoms with van der Waals surface area (Å²) >= 11 is 0. The van der Waals surface area contributed by atoms with Gasteiger partial charge in [-0.1, -0.05) is 6.07 Å². The minimum absolute atomic E-state index is 0.0126. The molecule has 7 nitrogen and oxygen atoms in total. The molecule has 0 aromatic heterocycles. The minimum Gasteiger partial charge on any atom is -0.493 e. The first-order valence-electron chi connectivity index (χ1n) is 12.1. The molecule has 0 radical (unpaired) electrons. The maximum atomic E-state index is 13.3. The lowest BCUT2D eigenvalue weighted by atomic mass is 9.71. The number of methoxy groups -OCH3 is 2. The number of carbonyl (C=O) groups excluding carboxylic acids is 1. The molecule has 14 heteroatoms. The number of halogens is 6. The smallest absolute Gasteiger partial charge is 0.416 e. The molecule has 0 spiro atoms. The van der Waals surface area contributed by atoms with Gasteiger partial charge in [0.15, 0.2) is 11.5 Å². The van der Waals surface area contributed by atoms with Crippen LogP contribution in [-0.4, -0.2) is 59.4 Å². The maximum absolute atomic E-state index is 13.3. The van der Waals surface area contributed by atoms with E-state index in [1.165, 1.54) is 19.1 Å². The summed E-state index contributed by atoms with van der Waals surface area (Å²) in [5.74, 6) is 0.152. The summed E-state index contributed by atoms with van der Waals surface area (Å²) in [6, 6.07) is 6.17. The van der Waals surface area contributed by atoms with Crippen LogP contribution in [0.5, 0.6) is 11.5 Å². The highest BCUT2D eigenvalue weighted by atomic mass is 32.2. The number of hydrogen-bond donors (Lipinski definition) is 0. The van der Waals surface area contributed by atoms with E-state index in [1.54, 1.807) is 18.2 Å². The molecule has 1 fully saturated rings. The number of alkyl halides is 6. The number of piperidine rings is 1. The maximum Gasteiger partial charge on any atom is 0.416 e. The van der Waals surface area contributed by atoms with Crippen molar-refractivity contribution in [1.82, 2.24) is 4.90 Å². The van der Waals surface area contributed by atoms with Crippen LogP contribution < -0.4 is 9.47 Å². The Bertz CT molecular complexity index is 1300. The van der Waals surface area contributed by atoms with Crippen molar-refractivity contribution < 1.29 is 53.2 Å². The molecule has 1 aliphatic rings. The summed E-state index contributed by atoms with van der Waals surface area (Å²) in [6.07, 6.45) is -8.76. The van der Waals surface area contributed by atoms with Gasteiger partial charge in [0.2, 0.25) is 5.91 Å². The van der Waals surface area contributed by atoms with E-state index in [2.05, 4.69) is 0 Å². The first kappa shape index (κ1) is 31.5. The highest BCUT2D eigenvalue weighted by Gasteiger charge is 2.40. The van der Waals surface area contributed by atoms with E-state index in [1.807, 2.05) is 0 Å². The van der Waals surface area contributed by atoms with Gasteiger partial charge >= 0.3 is 12.4 Å². The SMILES string of the molecule is COc1ccc([C@@]2(CCOS(C)(=O)=O)CCCN(C(=O)Cc3cc(C(F)(F)F)cc(C(F)(F)F)c3)C2)cc1OC. The van der Waals surface area contributed by atoms with E-state index in [4.69, 9.17) is 13.7 Å². The van der Waals surface area contributed by atoms with Gasteiger partial charge in [0.05, 0.1) is 44.6 Å². The van der Waals surface area contributed by atoms with E-state index in [0.717, 1.165) is 6.26 Å². The summed E-state index contributed by atoms with van der Waals surface area (Å²) in [5, 5.41) is 0. The average Bonchev–Trinajstić information content (AvgIpc) is 2.86. The Labute approximate surface area is 228 Å². The van der Waals surface area contributed by atoms with Crippen molar-refractivity contribution in [2.24, 2.45) is 0 Å². The van der Waals surface area contributed by atoms with E-state index in [0.29, 0.717) is 42.0 Å². The molecule has 0 unspecified atom stereocenters. The Morgan fingerprint density at radius 1 is 0.950 bits per heavy atom. The quantitative estimate of drug-likeness (QED) is 0.292. The second-order valence-electron chi connectivity index (χ2n) is 9.64. The van der Waals surface area contributed by atoms with Crippen LogP contribution in [0.15, 0.2) is 36.4 Å². The number of ether oxygens (including phenoxy) is 2. The molecule has 1 atom stereocenters. The lowest BCUT2D eigenvalue weighted by Gasteiger charge is -2.43. The van der Waals surface area contributed by atoms with Gasteiger partial charge in [0, 0.05) is 18.5 Å². The number of hydrogen-bond acceptors (Lipinski definition) is 6. The van der Waals surface area contributed by atoms with E-state index in [9.17, 15) is 39.6 Å². The van der Waals surface area contributed by atoms with Crippen molar-refractivity contribution in [3.8, 4) is 11.5 Å². The van der Waals surface area contributed by atoms with Crippen LogP contribution in [-0.2, 0) is 43.3 Å². The molecular weight excluding hydrogens is 568 g/mol. The predicted molar refractivity (Wildman–Crippen MR) is 133 cm³/mol. The number of benzene rings is 2. The second kappa shape index (κ2) is 11.9. The molecule has 2 aromatic carbocycles. The molecule has 1 aliphatic heterocycles. The van der Waals surface area contributed by atoms with Crippen LogP contribution in [0.3, 0.4) is 0 Å². The molecule has 222 valence electrons. The Hall–Kier alpha value is -3.00. The number of amides is 1. The van der Waals surface area contributed by atoms with Crippen molar-refractivity contribution in [2.45, 2.75) is 43.5 Å². The van der Waals surface area contributed by atoms with Gasteiger partial charge < -0.3 is 14.4 Å². The van der Waals surface area contributed by atoms with Gasteiger partial charge in [0.25, 0.3) is 10.1 Å². The van der Waals surface area contributed by atoms with Gasteiger partial charge in [-0.2, -0.15) is 34.8 Å². The van der Waals surface area contributed by atoms with Crippen molar-refractivity contribution in [2.75, 3.05) is 40.2 Å². The van der Waals surface area contributed by atoms with E-state index >= 15 is 0 Å². The van der Waals surface area contributed by atoms with E-state index in [-0.39, 0.29) is 32.2 Å². The monoisotopic (exact) mass is 597 g/mol. The minimum atomic E-state index is -5.04. The highest BCUT2D eigenvalue weighted by molar-refractivity contribution is 7.85. The Morgan fingerprint density at radius 2 is 1.55 bits per heavy atom. The van der Waals surface area contributed by atoms with Crippen LogP contribution in [0.1, 0.15) is 41.5 Å². The normalized spacial score (nSPS) is 18.5. The number of carbonyl (C=O) groups is 1. The number of likely N-dealkylation sites (tertiary alicyclic amines) is 1. The van der Waals surface area contributed by atoms with Crippen molar-refractivity contribution >= 4 is 16.0 Å². The van der Waals surface area contributed by atoms with Crippen LogP contribution in [0.2, 0.25) is 0 Å². The highest BCUT2D eigenvalue weighted by Crippen LogP contribution is 2.42. The summed E-state index contributed by atoms with van der Waals surface area (Å²) in [4.78, 5) is 14.6. The first-order chi connectivity index (χ1) is 18.5. The van der Waals surface area contributed by atoms with Crippen molar-refractivity contribution in [3.05, 3.63) is 58.7 Å². The van der Waals surface area contributed by atoms with Gasteiger partial charge in [-0.3, -0.25) is 8.98 Å². The van der Waals surface area contributed by atoms with Gasteiger partial charge in [-0.05, 0) is 60.7 Å². The molecule has 1 amide bonds. The fraction of sp³-hybridized carbons (Fsp3) is 0.500. The largest absolute Gasteiger partial charge is 0.493 e. The number of nitrogens with zero attached hydrogens (tertiary/aromatic N) is 1. The summed E-state index contributed by atoms with van der Waals surface area (Å²) in [7, 11) is -0.886. The van der Waals surface area contributed by atoms with E-state index < -0.39 is 56.9 Å². The molecule has 2 aromatic rings. The fourth-order valence-electron chi connectivity index (χ4n) is 4.89. The summed E-state index contributed by atoms with van der Waals surface area (Å²) in [6.45, 7) is 0.0310. The fourth-order valence-corrected chi connectivity index (χ4v) is 5.28. The van der Waals surface area contributed by atoms with Gasteiger partial charge in [0.1, 0.15) is 0 Å². The third kappa shape index (κ3) is 7.80. The third-order valence-electron chi connectivity index (χ3n) is 6.81. The average molecular weight is 598 g/mol. The summed E-state index contributed by atoms with van der Waals surface area (Å²) < 4.78 is 119.